The molecule has 0 bridgehead atoms. The molecule has 5 aliphatic carbocycles. The van der Waals surface area contributed by atoms with E-state index in [1.807, 2.05) is 36.4 Å². The molecular formula is C41H56O5. The average Bonchev–Trinajstić information content (AvgIpc) is 2.99. The van der Waals surface area contributed by atoms with Gasteiger partial charge in [0.15, 0.2) is 5.78 Å². The highest BCUT2D eigenvalue weighted by Crippen LogP contribution is 2.79. The van der Waals surface area contributed by atoms with E-state index in [0.717, 1.165) is 56.9 Å². The second-order valence-electron chi connectivity index (χ2n) is 17.8. The van der Waals surface area contributed by atoms with E-state index in [1.165, 1.54) is 18.8 Å². The molecule has 46 heavy (non-hydrogen) atoms. The van der Waals surface area contributed by atoms with Crippen molar-refractivity contribution in [2.45, 2.75) is 126 Å². The quantitative estimate of drug-likeness (QED) is 0.245. The Morgan fingerprint density at radius 1 is 0.848 bits per heavy atom. The van der Waals surface area contributed by atoms with Gasteiger partial charge in [0.2, 0.25) is 0 Å². The number of fused-ring (bicyclic) bond motifs is 7. The topological polar surface area (TPSA) is 69.7 Å². The van der Waals surface area contributed by atoms with Gasteiger partial charge in [-0.05, 0) is 116 Å². The Bertz CT molecular complexity index is 1490. The van der Waals surface area contributed by atoms with E-state index in [2.05, 4.69) is 61.5 Å². The highest BCUT2D eigenvalue weighted by atomic mass is 16.5. The molecule has 0 saturated heterocycles. The standard InChI is InChI=1S/C41H56O5/c1-27(42)46-33-16-18-39(7)31(35(33,2)3)15-19-40(8)38(6)23-22-36(4)20-21-37(5,26-30(36)29(38)25-32(43)41(39,40)9)34(44)45-24-17-28-13-11-10-12-14-28/h10-14,17,24-25,30-31,33H,15-16,18-23,26H2,1-9H3/b24-17+/t30-,31-,33-,36+,37-,38+,39-,40-,41+/m0/s1. The van der Waals surface area contributed by atoms with E-state index in [0.29, 0.717) is 6.42 Å². The molecule has 5 aliphatic rings. The Morgan fingerprint density at radius 2 is 1.52 bits per heavy atom. The van der Waals surface area contributed by atoms with Crippen LogP contribution < -0.4 is 0 Å². The lowest BCUT2D eigenvalue weighted by molar-refractivity contribution is -0.243. The van der Waals surface area contributed by atoms with Crippen LogP contribution in [0.15, 0.2) is 48.2 Å². The molecule has 0 aromatic heterocycles. The van der Waals surface area contributed by atoms with Crippen molar-refractivity contribution in [3.8, 4) is 0 Å². The van der Waals surface area contributed by atoms with E-state index in [4.69, 9.17) is 9.47 Å². The molecule has 0 amide bonds. The first-order chi connectivity index (χ1) is 21.4. The minimum absolute atomic E-state index is 0.0561. The smallest absolute Gasteiger partial charge is 0.316 e. The predicted octanol–water partition coefficient (Wildman–Crippen LogP) is 9.50. The zero-order valence-electron chi connectivity index (χ0n) is 29.8. The van der Waals surface area contributed by atoms with Gasteiger partial charge in [0, 0.05) is 17.8 Å². The number of hydrogen-bond donors (Lipinski definition) is 0. The zero-order chi connectivity index (χ0) is 33.6. The van der Waals surface area contributed by atoms with Crippen molar-refractivity contribution in [2.24, 2.45) is 49.7 Å². The molecule has 0 heterocycles. The van der Waals surface area contributed by atoms with Gasteiger partial charge in [0.1, 0.15) is 6.10 Å². The van der Waals surface area contributed by atoms with Crippen molar-refractivity contribution in [1.29, 1.82) is 0 Å². The van der Waals surface area contributed by atoms with Gasteiger partial charge in [-0.25, -0.2) is 0 Å². The number of benzene rings is 1. The van der Waals surface area contributed by atoms with Crippen LogP contribution in [-0.2, 0) is 23.9 Å². The van der Waals surface area contributed by atoms with Crippen molar-refractivity contribution in [3.05, 3.63) is 53.8 Å². The Labute approximate surface area is 277 Å². The third kappa shape index (κ3) is 4.41. The first-order valence-corrected chi connectivity index (χ1v) is 17.7. The summed E-state index contributed by atoms with van der Waals surface area (Å²) in [5.41, 5.74) is 0.349. The fourth-order valence-electron chi connectivity index (χ4n) is 12.0. The monoisotopic (exact) mass is 628 g/mol. The summed E-state index contributed by atoms with van der Waals surface area (Å²) < 4.78 is 11.7. The van der Waals surface area contributed by atoms with Gasteiger partial charge in [0.05, 0.1) is 11.7 Å². The van der Waals surface area contributed by atoms with Gasteiger partial charge in [-0.15, -0.1) is 0 Å². The largest absolute Gasteiger partial charge is 0.462 e. The lowest BCUT2D eigenvalue weighted by Gasteiger charge is -2.74. The summed E-state index contributed by atoms with van der Waals surface area (Å²) in [7, 11) is 0. The van der Waals surface area contributed by atoms with Crippen molar-refractivity contribution >= 4 is 23.8 Å². The molecule has 1 aromatic carbocycles. The molecule has 0 N–H and O–H groups in total. The summed E-state index contributed by atoms with van der Waals surface area (Å²) >= 11 is 0. The van der Waals surface area contributed by atoms with Crippen LogP contribution in [0.25, 0.3) is 6.08 Å². The summed E-state index contributed by atoms with van der Waals surface area (Å²) in [4.78, 5) is 40.7. The Morgan fingerprint density at radius 3 is 2.20 bits per heavy atom. The van der Waals surface area contributed by atoms with E-state index in [9.17, 15) is 14.4 Å². The number of ketones is 1. The van der Waals surface area contributed by atoms with Crippen molar-refractivity contribution in [2.75, 3.05) is 0 Å². The molecule has 0 unspecified atom stereocenters. The first-order valence-electron chi connectivity index (χ1n) is 17.7. The van der Waals surface area contributed by atoms with Crippen LogP contribution in [0.2, 0.25) is 0 Å². The fourth-order valence-corrected chi connectivity index (χ4v) is 12.0. The number of ether oxygens (including phenoxy) is 2. The van der Waals surface area contributed by atoms with Crippen LogP contribution in [0.1, 0.15) is 126 Å². The maximum atomic E-state index is 15.0. The third-order valence-corrected chi connectivity index (χ3v) is 15.6. The van der Waals surface area contributed by atoms with Gasteiger partial charge in [-0.1, -0.05) is 84.4 Å². The van der Waals surface area contributed by atoms with Crippen LogP contribution >= 0.6 is 0 Å². The first kappa shape index (κ1) is 33.2. The predicted molar refractivity (Wildman–Crippen MR) is 181 cm³/mol. The van der Waals surface area contributed by atoms with Gasteiger partial charge >= 0.3 is 11.9 Å². The summed E-state index contributed by atoms with van der Waals surface area (Å²) in [6.45, 7) is 20.0. The second kappa shape index (κ2) is 10.7. The zero-order valence-corrected chi connectivity index (χ0v) is 29.8. The molecule has 0 radical (unpaired) electrons. The molecule has 4 saturated carbocycles. The average molecular weight is 629 g/mol. The number of allylic oxidation sites excluding steroid dienone is 2. The summed E-state index contributed by atoms with van der Waals surface area (Å²) in [6, 6.07) is 9.89. The number of carbonyl (C=O) groups is 3. The number of rotatable bonds is 4. The van der Waals surface area contributed by atoms with Gasteiger partial charge in [0.25, 0.3) is 0 Å². The molecule has 0 aliphatic heterocycles. The summed E-state index contributed by atoms with van der Waals surface area (Å²) in [5, 5.41) is 0. The van der Waals surface area contributed by atoms with Gasteiger partial charge in [-0.2, -0.15) is 0 Å². The molecule has 9 atom stereocenters. The lowest BCUT2D eigenvalue weighted by Crippen LogP contribution is -2.71. The number of esters is 2. The highest BCUT2D eigenvalue weighted by Gasteiger charge is 2.75. The summed E-state index contributed by atoms with van der Waals surface area (Å²) in [5.74, 6) is 0.295. The molecule has 250 valence electrons. The third-order valence-electron chi connectivity index (χ3n) is 15.6. The SMILES string of the molecule is CC(=O)O[C@H]1CC[C@@]2(C)[C@@H](CC[C@]3(C)[C@]2(C)C(=O)C=C2[C@@H]4C[C@@](C)(C(=O)O/C=C/c5ccccc5)CC[C@]4(C)CC[C@]23C)C1(C)C. The van der Waals surface area contributed by atoms with Crippen LogP contribution in [0.4, 0.5) is 0 Å². The van der Waals surface area contributed by atoms with Gasteiger partial charge < -0.3 is 9.47 Å². The molecule has 4 fully saturated rings. The molecule has 1 aromatic rings. The van der Waals surface area contributed by atoms with Crippen molar-refractivity contribution in [1.82, 2.24) is 0 Å². The number of hydrogen-bond acceptors (Lipinski definition) is 5. The molecular weight excluding hydrogens is 572 g/mol. The Kier molecular flexibility index (Phi) is 7.70. The Balaban J connectivity index is 1.34. The maximum Gasteiger partial charge on any atom is 0.316 e. The molecule has 5 nitrogen and oxygen atoms in total. The van der Waals surface area contributed by atoms with Crippen LogP contribution in [0, 0.1) is 49.7 Å². The van der Waals surface area contributed by atoms with E-state index < -0.39 is 10.8 Å². The highest BCUT2D eigenvalue weighted by molar-refractivity contribution is 5.98. The minimum atomic E-state index is -0.613. The minimum Gasteiger partial charge on any atom is -0.462 e. The Hall–Kier alpha value is -2.69. The second-order valence-corrected chi connectivity index (χ2v) is 17.8. The lowest BCUT2D eigenvalue weighted by atomic mass is 9.29. The van der Waals surface area contributed by atoms with Crippen LogP contribution in [-0.4, -0.2) is 23.8 Å². The van der Waals surface area contributed by atoms with Gasteiger partial charge in [-0.3, -0.25) is 14.4 Å². The van der Waals surface area contributed by atoms with Crippen LogP contribution in [0.3, 0.4) is 0 Å². The number of carbonyl (C=O) groups excluding carboxylic acids is 3. The van der Waals surface area contributed by atoms with E-state index in [1.54, 1.807) is 0 Å². The molecule has 0 spiro atoms. The van der Waals surface area contributed by atoms with Crippen molar-refractivity contribution in [3.63, 3.8) is 0 Å². The molecule has 5 heteroatoms. The van der Waals surface area contributed by atoms with Crippen molar-refractivity contribution < 1.29 is 23.9 Å². The maximum absolute atomic E-state index is 15.0. The normalized spacial score (nSPS) is 44.6. The summed E-state index contributed by atoms with van der Waals surface area (Å²) in [6.07, 6.45) is 13.6. The van der Waals surface area contributed by atoms with E-state index >= 15 is 0 Å². The van der Waals surface area contributed by atoms with E-state index in [-0.39, 0.29) is 62.7 Å². The molecule has 6 rings (SSSR count). The van der Waals surface area contributed by atoms with Crippen LogP contribution in [0.5, 0.6) is 0 Å². The fraction of sp³-hybridized carbons (Fsp3) is 0.683.